The van der Waals surface area contributed by atoms with Crippen LogP contribution in [0, 0.1) is 0 Å². The Morgan fingerprint density at radius 3 is 3.58 bits per heavy atom. The lowest BCUT2D eigenvalue weighted by Crippen LogP contribution is -2.33. The maximum Gasteiger partial charge on any atom is 0.136 e. The second kappa shape index (κ2) is 2.94. The van der Waals surface area contributed by atoms with E-state index in [2.05, 4.69) is 15.6 Å². The first-order valence-electron chi connectivity index (χ1n) is 3.84. The first-order valence-corrected chi connectivity index (χ1v) is 3.84. The van der Waals surface area contributed by atoms with Gasteiger partial charge < -0.3 is 5.21 Å². The number of hydrogen-bond donors (Lipinski definition) is 2. The van der Waals surface area contributed by atoms with Gasteiger partial charge in [0.25, 0.3) is 0 Å². The highest BCUT2D eigenvalue weighted by Gasteiger charge is 2.22. The van der Waals surface area contributed by atoms with Crippen LogP contribution in [0.5, 0.6) is 0 Å². The van der Waals surface area contributed by atoms with Gasteiger partial charge in [0.05, 0.1) is 6.21 Å². The van der Waals surface area contributed by atoms with E-state index >= 15 is 0 Å². The van der Waals surface area contributed by atoms with Crippen LogP contribution < -0.4 is 5.43 Å². The van der Waals surface area contributed by atoms with E-state index in [9.17, 15) is 0 Å². The molecule has 2 rings (SSSR count). The van der Waals surface area contributed by atoms with E-state index in [1.54, 1.807) is 6.21 Å². The second-order valence-electron chi connectivity index (χ2n) is 2.74. The summed E-state index contributed by atoms with van der Waals surface area (Å²) < 4.78 is 0. The van der Waals surface area contributed by atoms with Gasteiger partial charge in [-0.3, -0.25) is 10.0 Å². The molecule has 0 spiro atoms. The van der Waals surface area contributed by atoms with Crippen LogP contribution in [0.4, 0.5) is 0 Å². The summed E-state index contributed by atoms with van der Waals surface area (Å²) in [5.41, 5.74) is 3.94. The van der Waals surface area contributed by atoms with Gasteiger partial charge in [-0.05, 0) is 0 Å². The van der Waals surface area contributed by atoms with Gasteiger partial charge in [-0.2, -0.15) is 0 Å². The molecule has 1 fully saturated rings. The van der Waals surface area contributed by atoms with Crippen molar-refractivity contribution in [3.8, 4) is 0 Å². The van der Waals surface area contributed by atoms with Crippen molar-refractivity contribution < 1.29 is 5.21 Å². The average molecular weight is 166 g/mol. The van der Waals surface area contributed by atoms with Gasteiger partial charge in [0.2, 0.25) is 0 Å². The third-order valence-electron chi connectivity index (χ3n) is 1.91. The summed E-state index contributed by atoms with van der Waals surface area (Å²) in [5.74, 6) is 0. The molecular formula is C7H10N4O. The number of aliphatic imine (C=N–C) groups is 1. The Labute approximate surface area is 70.0 Å². The van der Waals surface area contributed by atoms with Crippen molar-refractivity contribution in [2.75, 3.05) is 6.54 Å². The Bertz CT molecular complexity index is 258. The minimum atomic E-state index is 0.223. The fourth-order valence-electron chi connectivity index (χ4n) is 1.34. The van der Waals surface area contributed by atoms with E-state index in [-0.39, 0.29) is 6.17 Å². The average Bonchev–Trinajstić information content (AvgIpc) is 2.51. The van der Waals surface area contributed by atoms with Gasteiger partial charge in [0.15, 0.2) is 0 Å². The molecule has 5 nitrogen and oxygen atoms in total. The van der Waals surface area contributed by atoms with E-state index in [1.165, 1.54) is 6.21 Å². The molecule has 0 radical (unpaired) electrons. The summed E-state index contributed by atoms with van der Waals surface area (Å²) in [4.78, 5) is 4.26. The molecule has 12 heavy (non-hydrogen) atoms. The molecule has 2 aliphatic rings. The molecule has 5 heteroatoms. The van der Waals surface area contributed by atoms with E-state index in [4.69, 9.17) is 5.21 Å². The molecule has 2 aliphatic heterocycles. The summed E-state index contributed by atoms with van der Waals surface area (Å²) in [6.45, 7) is 0.946. The molecule has 1 saturated heterocycles. The van der Waals surface area contributed by atoms with Crippen LogP contribution in [-0.2, 0) is 0 Å². The van der Waals surface area contributed by atoms with Gasteiger partial charge in [0, 0.05) is 31.0 Å². The van der Waals surface area contributed by atoms with E-state index < -0.39 is 0 Å². The number of nitrogens with zero attached hydrogens (tertiary/aromatic N) is 3. The number of hydrazine groups is 1. The van der Waals surface area contributed by atoms with Crippen LogP contribution >= 0.6 is 0 Å². The highest BCUT2D eigenvalue weighted by atomic mass is 16.4. The van der Waals surface area contributed by atoms with Gasteiger partial charge in [0.1, 0.15) is 6.17 Å². The van der Waals surface area contributed by atoms with Crippen molar-refractivity contribution in [1.29, 1.82) is 0 Å². The standard InChI is InChI=1S/C7H10N4O/c12-10-4-6-3-8-7-1-2-9-11(7)5-6/h3-5,7,9,12H,1-2H2. The van der Waals surface area contributed by atoms with Crippen molar-refractivity contribution in [1.82, 2.24) is 10.4 Å². The van der Waals surface area contributed by atoms with Crippen LogP contribution in [0.15, 0.2) is 21.9 Å². The summed E-state index contributed by atoms with van der Waals surface area (Å²) in [6.07, 6.45) is 6.20. The highest BCUT2D eigenvalue weighted by molar-refractivity contribution is 6.04. The monoisotopic (exact) mass is 166 g/mol. The van der Waals surface area contributed by atoms with Crippen molar-refractivity contribution in [3.63, 3.8) is 0 Å². The topological polar surface area (TPSA) is 60.2 Å². The molecule has 0 saturated carbocycles. The zero-order valence-electron chi connectivity index (χ0n) is 6.51. The van der Waals surface area contributed by atoms with Crippen molar-refractivity contribution in [2.24, 2.45) is 10.1 Å². The number of rotatable bonds is 1. The van der Waals surface area contributed by atoms with Crippen LogP contribution in [0.3, 0.4) is 0 Å². The maximum absolute atomic E-state index is 8.29. The Kier molecular flexibility index (Phi) is 1.79. The fourth-order valence-corrected chi connectivity index (χ4v) is 1.34. The van der Waals surface area contributed by atoms with Crippen LogP contribution in [0.1, 0.15) is 6.42 Å². The van der Waals surface area contributed by atoms with E-state index in [0.717, 1.165) is 18.5 Å². The number of oxime groups is 1. The minimum absolute atomic E-state index is 0.223. The minimum Gasteiger partial charge on any atom is -0.411 e. The van der Waals surface area contributed by atoms with Crippen molar-refractivity contribution in [2.45, 2.75) is 12.6 Å². The summed E-state index contributed by atoms with van der Waals surface area (Å²) in [5, 5.41) is 13.1. The number of nitrogens with one attached hydrogen (secondary N) is 1. The first-order chi connectivity index (χ1) is 5.90. The van der Waals surface area contributed by atoms with Gasteiger partial charge in [-0.15, -0.1) is 0 Å². The fraction of sp³-hybridized carbons (Fsp3) is 0.429. The molecule has 0 aromatic carbocycles. The number of allylic oxidation sites excluding steroid dienone is 1. The summed E-state index contributed by atoms with van der Waals surface area (Å²) in [6, 6.07) is 0. The quantitative estimate of drug-likeness (QED) is 0.326. The zero-order valence-corrected chi connectivity index (χ0v) is 6.51. The predicted octanol–water partition coefficient (Wildman–Crippen LogP) is -0.0489. The van der Waals surface area contributed by atoms with Crippen LogP contribution in [-0.4, -0.2) is 35.4 Å². The third-order valence-corrected chi connectivity index (χ3v) is 1.91. The SMILES string of the molecule is ON=CC1=CN2NCCC2N=C1. The molecule has 0 bridgehead atoms. The Balaban J connectivity index is 2.15. The van der Waals surface area contributed by atoms with E-state index in [0.29, 0.717) is 0 Å². The lowest BCUT2D eigenvalue weighted by atomic mass is 10.3. The molecule has 0 aliphatic carbocycles. The molecule has 0 aromatic rings. The normalized spacial score (nSPS) is 27.8. The Morgan fingerprint density at radius 1 is 1.83 bits per heavy atom. The van der Waals surface area contributed by atoms with E-state index in [1.807, 2.05) is 11.2 Å². The van der Waals surface area contributed by atoms with Gasteiger partial charge >= 0.3 is 0 Å². The van der Waals surface area contributed by atoms with Crippen molar-refractivity contribution in [3.05, 3.63) is 11.8 Å². The Hall–Kier alpha value is -1.36. The molecule has 2 N–H and O–H groups in total. The van der Waals surface area contributed by atoms with Crippen LogP contribution in [0.25, 0.3) is 0 Å². The van der Waals surface area contributed by atoms with Crippen molar-refractivity contribution >= 4 is 12.4 Å². The first kappa shape index (κ1) is 7.30. The second-order valence-corrected chi connectivity index (χ2v) is 2.74. The molecular weight excluding hydrogens is 156 g/mol. The molecule has 1 atom stereocenters. The lowest BCUT2D eigenvalue weighted by Gasteiger charge is -2.22. The number of hydrogen-bond acceptors (Lipinski definition) is 5. The molecule has 2 heterocycles. The summed E-state index contributed by atoms with van der Waals surface area (Å²) >= 11 is 0. The Morgan fingerprint density at radius 2 is 2.75 bits per heavy atom. The summed E-state index contributed by atoms with van der Waals surface area (Å²) in [7, 11) is 0. The van der Waals surface area contributed by atoms with Gasteiger partial charge in [-0.25, -0.2) is 5.43 Å². The molecule has 64 valence electrons. The molecule has 1 unspecified atom stereocenters. The highest BCUT2D eigenvalue weighted by Crippen LogP contribution is 2.14. The largest absolute Gasteiger partial charge is 0.411 e. The van der Waals surface area contributed by atoms with Crippen LogP contribution in [0.2, 0.25) is 0 Å². The zero-order chi connectivity index (χ0) is 8.39. The lowest BCUT2D eigenvalue weighted by molar-refractivity contribution is 0.278. The third kappa shape index (κ3) is 1.18. The van der Waals surface area contributed by atoms with Gasteiger partial charge in [-0.1, -0.05) is 5.16 Å². The smallest absolute Gasteiger partial charge is 0.136 e. The maximum atomic E-state index is 8.29. The molecule has 0 aromatic heterocycles. The number of fused-ring (bicyclic) bond motifs is 1. The predicted molar refractivity (Wildman–Crippen MR) is 45.1 cm³/mol. The molecule has 0 amide bonds.